The summed E-state index contributed by atoms with van der Waals surface area (Å²) in [5, 5.41) is 22.8. The number of hydrogen-bond acceptors (Lipinski definition) is 6. The molecule has 0 saturated carbocycles. The molecule has 1 amide bonds. The molecule has 23 heavy (non-hydrogen) atoms. The third-order valence-corrected chi connectivity index (χ3v) is 2.84. The van der Waals surface area contributed by atoms with E-state index in [1.165, 1.54) is 4.80 Å². The van der Waals surface area contributed by atoms with E-state index < -0.39 is 5.97 Å². The second-order valence-electron chi connectivity index (χ2n) is 4.81. The van der Waals surface area contributed by atoms with Gasteiger partial charge in [-0.05, 0) is 12.1 Å². The molecule has 0 saturated heterocycles. The lowest BCUT2D eigenvalue weighted by molar-refractivity contribution is -0.142. The van der Waals surface area contributed by atoms with E-state index in [9.17, 15) is 9.59 Å². The maximum absolute atomic E-state index is 11.7. The van der Waals surface area contributed by atoms with Crippen molar-refractivity contribution in [1.29, 1.82) is 0 Å². The molecule has 0 radical (unpaired) electrons. The fraction of sp³-hybridized carbons (Fsp3) is 0.357. The van der Waals surface area contributed by atoms with Gasteiger partial charge in [0.05, 0.1) is 6.61 Å². The van der Waals surface area contributed by atoms with E-state index in [-0.39, 0.29) is 32.2 Å². The molecule has 1 aromatic carbocycles. The van der Waals surface area contributed by atoms with E-state index in [1.54, 1.807) is 0 Å². The fourth-order valence-electron chi connectivity index (χ4n) is 1.73. The largest absolute Gasteiger partial charge is 0.480 e. The molecule has 122 valence electrons. The zero-order chi connectivity index (χ0) is 16.7. The Balaban J connectivity index is 1.78. The van der Waals surface area contributed by atoms with Crippen molar-refractivity contribution in [3.8, 4) is 11.4 Å². The molecule has 0 spiro atoms. The van der Waals surface area contributed by atoms with Crippen molar-refractivity contribution in [3.63, 3.8) is 0 Å². The van der Waals surface area contributed by atoms with Crippen molar-refractivity contribution >= 4 is 11.9 Å². The highest BCUT2D eigenvalue weighted by atomic mass is 16.5. The van der Waals surface area contributed by atoms with Crippen LogP contribution in [0.5, 0.6) is 0 Å². The predicted molar refractivity (Wildman–Crippen MR) is 79.5 cm³/mol. The lowest BCUT2D eigenvalue weighted by Gasteiger charge is -2.04. The van der Waals surface area contributed by atoms with E-state index in [2.05, 4.69) is 20.7 Å². The lowest BCUT2D eigenvalue weighted by atomic mass is 10.1. The van der Waals surface area contributed by atoms with Crippen LogP contribution in [0.3, 0.4) is 0 Å². The molecular weight excluding hydrogens is 302 g/mol. The minimum Gasteiger partial charge on any atom is -0.480 e. The van der Waals surface area contributed by atoms with Gasteiger partial charge in [0.25, 0.3) is 0 Å². The molecule has 2 aromatic rings. The molecule has 0 aliphatic rings. The van der Waals surface area contributed by atoms with Crippen LogP contribution in [0, 0.1) is 6.92 Å². The number of carbonyl (C=O) groups excluding carboxylic acids is 1. The van der Waals surface area contributed by atoms with Crippen LogP contribution in [0.4, 0.5) is 0 Å². The van der Waals surface area contributed by atoms with E-state index in [0.717, 1.165) is 11.1 Å². The van der Waals surface area contributed by atoms with E-state index in [0.29, 0.717) is 5.82 Å². The first kappa shape index (κ1) is 16.6. The van der Waals surface area contributed by atoms with Crippen molar-refractivity contribution < 1.29 is 19.4 Å². The normalized spacial score (nSPS) is 10.5. The van der Waals surface area contributed by atoms with Gasteiger partial charge in [-0.2, -0.15) is 4.80 Å². The number of benzene rings is 1. The molecule has 0 aliphatic heterocycles. The molecule has 0 unspecified atom stereocenters. The predicted octanol–water partition coefficient (Wildman–Crippen LogP) is -0.134. The first-order valence-corrected chi connectivity index (χ1v) is 6.95. The first-order valence-electron chi connectivity index (χ1n) is 6.95. The molecule has 0 atom stereocenters. The Bertz CT molecular complexity index is 668. The highest BCUT2D eigenvalue weighted by Gasteiger charge is 2.09. The highest BCUT2D eigenvalue weighted by molar-refractivity contribution is 5.75. The highest BCUT2D eigenvalue weighted by Crippen LogP contribution is 2.13. The average molecular weight is 319 g/mol. The zero-order valence-corrected chi connectivity index (χ0v) is 12.6. The van der Waals surface area contributed by atoms with Gasteiger partial charge in [0.1, 0.15) is 13.2 Å². The number of nitrogens with one attached hydrogen (secondary N) is 1. The number of nitrogens with zero attached hydrogens (tertiary/aromatic N) is 4. The second-order valence-corrected chi connectivity index (χ2v) is 4.81. The van der Waals surface area contributed by atoms with Crippen molar-refractivity contribution in [3.05, 3.63) is 29.8 Å². The number of amides is 1. The van der Waals surface area contributed by atoms with Gasteiger partial charge in [0, 0.05) is 12.1 Å². The first-order chi connectivity index (χ1) is 11.0. The minimum absolute atomic E-state index is 0.0716. The number of ether oxygens (including phenoxy) is 1. The standard InChI is InChI=1S/C14H17N5O4/c1-10-2-4-11(5-3-10)14-16-18-19(17-14)8-12(20)15-6-7-23-9-13(21)22/h2-5H,6-9H2,1H3,(H,15,20)(H,21,22). The van der Waals surface area contributed by atoms with E-state index in [1.807, 2.05) is 31.2 Å². The molecule has 0 bridgehead atoms. The van der Waals surface area contributed by atoms with Gasteiger partial charge in [-0.15, -0.1) is 10.2 Å². The molecule has 9 heteroatoms. The Kier molecular flexibility index (Phi) is 5.75. The number of aliphatic carboxylic acids is 1. The monoisotopic (exact) mass is 319 g/mol. The van der Waals surface area contributed by atoms with Crippen molar-refractivity contribution in [2.45, 2.75) is 13.5 Å². The van der Waals surface area contributed by atoms with Crippen molar-refractivity contribution in [1.82, 2.24) is 25.5 Å². The van der Waals surface area contributed by atoms with Crippen molar-refractivity contribution in [2.75, 3.05) is 19.8 Å². The van der Waals surface area contributed by atoms with Crippen LogP contribution in [0.15, 0.2) is 24.3 Å². The smallest absolute Gasteiger partial charge is 0.329 e. The number of carboxylic acid groups (broad SMARTS) is 1. The third-order valence-electron chi connectivity index (χ3n) is 2.84. The number of aromatic nitrogens is 4. The second kappa shape index (κ2) is 7.99. The summed E-state index contributed by atoms with van der Waals surface area (Å²) >= 11 is 0. The fourth-order valence-corrected chi connectivity index (χ4v) is 1.73. The van der Waals surface area contributed by atoms with Crippen LogP contribution in [0.1, 0.15) is 5.56 Å². The Morgan fingerprint density at radius 2 is 2.04 bits per heavy atom. The summed E-state index contributed by atoms with van der Waals surface area (Å²) in [4.78, 5) is 23.1. The summed E-state index contributed by atoms with van der Waals surface area (Å²) in [6, 6.07) is 7.66. The number of aryl methyl sites for hydroxylation is 1. The summed E-state index contributed by atoms with van der Waals surface area (Å²) in [7, 11) is 0. The number of hydrogen-bond donors (Lipinski definition) is 2. The molecule has 2 N–H and O–H groups in total. The number of carbonyl (C=O) groups is 2. The summed E-state index contributed by atoms with van der Waals surface area (Å²) in [5.74, 6) is -0.911. The molecule has 9 nitrogen and oxygen atoms in total. The Labute approximate surface area is 132 Å². The van der Waals surface area contributed by atoms with Gasteiger partial charge in [-0.3, -0.25) is 4.79 Å². The summed E-state index contributed by atoms with van der Waals surface area (Å²) < 4.78 is 4.80. The Morgan fingerprint density at radius 3 is 2.74 bits per heavy atom. The van der Waals surface area contributed by atoms with Crippen LogP contribution < -0.4 is 5.32 Å². The van der Waals surface area contributed by atoms with Gasteiger partial charge in [-0.25, -0.2) is 4.79 Å². The molecule has 2 rings (SSSR count). The number of tetrazole rings is 1. The molecule has 1 heterocycles. The lowest BCUT2D eigenvalue weighted by Crippen LogP contribution is -2.31. The minimum atomic E-state index is -1.05. The quantitative estimate of drug-likeness (QED) is 0.650. The molecule has 1 aromatic heterocycles. The Morgan fingerprint density at radius 1 is 1.30 bits per heavy atom. The van der Waals surface area contributed by atoms with Crippen LogP contribution in [-0.4, -0.2) is 56.9 Å². The van der Waals surface area contributed by atoms with Crippen LogP contribution in [-0.2, 0) is 20.9 Å². The molecule has 0 fully saturated rings. The van der Waals surface area contributed by atoms with Gasteiger partial charge >= 0.3 is 5.97 Å². The van der Waals surface area contributed by atoms with Crippen LogP contribution in [0.2, 0.25) is 0 Å². The summed E-state index contributed by atoms with van der Waals surface area (Å²) in [5.41, 5.74) is 1.95. The summed E-state index contributed by atoms with van der Waals surface area (Å²) in [6.45, 7) is 1.86. The number of rotatable bonds is 8. The topological polar surface area (TPSA) is 119 Å². The average Bonchev–Trinajstić information content (AvgIpc) is 2.95. The zero-order valence-electron chi connectivity index (χ0n) is 12.6. The van der Waals surface area contributed by atoms with E-state index >= 15 is 0 Å². The van der Waals surface area contributed by atoms with Gasteiger partial charge < -0.3 is 15.2 Å². The third kappa shape index (κ3) is 5.47. The Hall–Kier alpha value is -2.81. The molecule has 0 aliphatic carbocycles. The maximum Gasteiger partial charge on any atom is 0.329 e. The van der Waals surface area contributed by atoms with Gasteiger partial charge in [0.15, 0.2) is 0 Å². The number of carboxylic acids is 1. The van der Waals surface area contributed by atoms with Gasteiger partial charge in [0.2, 0.25) is 11.7 Å². The van der Waals surface area contributed by atoms with Crippen LogP contribution >= 0.6 is 0 Å². The van der Waals surface area contributed by atoms with Gasteiger partial charge in [-0.1, -0.05) is 29.8 Å². The molecular formula is C14H17N5O4. The SMILES string of the molecule is Cc1ccc(-c2nnn(CC(=O)NCCOCC(=O)O)n2)cc1. The van der Waals surface area contributed by atoms with E-state index in [4.69, 9.17) is 9.84 Å². The summed E-state index contributed by atoms with van der Waals surface area (Å²) in [6.07, 6.45) is 0. The van der Waals surface area contributed by atoms with Crippen LogP contribution in [0.25, 0.3) is 11.4 Å². The maximum atomic E-state index is 11.7. The van der Waals surface area contributed by atoms with Crippen molar-refractivity contribution in [2.24, 2.45) is 0 Å².